The molecule has 0 N–H and O–H groups in total. The summed E-state index contributed by atoms with van der Waals surface area (Å²) in [6.45, 7) is 2.30. The zero-order valence-electron chi connectivity index (χ0n) is 13.2. The molecule has 1 unspecified atom stereocenters. The lowest BCUT2D eigenvalue weighted by molar-refractivity contribution is 0.314. The molecule has 3 rings (SSSR count). The van der Waals surface area contributed by atoms with Crippen LogP contribution in [0, 0.1) is 0 Å². The van der Waals surface area contributed by atoms with Gasteiger partial charge in [-0.3, -0.25) is 0 Å². The van der Waals surface area contributed by atoms with E-state index in [0.29, 0.717) is 5.92 Å². The number of benzene rings is 1. The van der Waals surface area contributed by atoms with Gasteiger partial charge in [0, 0.05) is 18.0 Å². The van der Waals surface area contributed by atoms with Crippen LogP contribution in [0.4, 0.5) is 0 Å². The molecule has 2 aromatic rings. The summed E-state index contributed by atoms with van der Waals surface area (Å²) in [5.41, 5.74) is 3.00. The second-order valence-corrected chi connectivity index (χ2v) is 6.92. The summed E-state index contributed by atoms with van der Waals surface area (Å²) in [5.74, 6) is 1.67. The highest BCUT2D eigenvalue weighted by Gasteiger charge is 2.23. The van der Waals surface area contributed by atoms with Gasteiger partial charge in [-0.1, -0.05) is 12.1 Å². The zero-order valence-corrected chi connectivity index (χ0v) is 14.9. The molecule has 0 radical (unpaired) electrons. The number of rotatable bonds is 6. The molecule has 1 atom stereocenters. The number of hydrogen-bond acceptors (Lipinski definition) is 3. The van der Waals surface area contributed by atoms with Gasteiger partial charge in [0.1, 0.15) is 5.75 Å². The van der Waals surface area contributed by atoms with E-state index in [1.807, 2.05) is 11.3 Å². The fourth-order valence-electron chi connectivity index (χ4n) is 3.22. The van der Waals surface area contributed by atoms with Crippen molar-refractivity contribution in [3.63, 3.8) is 0 Å². The number of nitrogens with zero attached hydrogens (tertiary/aromatic N) is 1. The quantitative estimate of drug-likeness (QED) is 0.775. The van der Waals surface area contributed by atoms with Crippen LogP contribution in [0.25, 0.3) is 0 Å². The highest BCUT2D eigenvalue weighted by molar-refractivity contribution is 7.09. The maximum absolute atomic E-state index is 5.33. The Labute approximate surface area is 143 Å². The van der Waals surface area contributed by atoms with Gasteiger partial charge < -0.3 is 9.64 Å². The minimum atomic E-state index is 0. The zero-order chi connectivity index (χ0) is 14.7. The average molecular weight is 338 g/mol. The van der Waals surface area contributed by atoms with Crippen LogP contribution in [0.1, 0.15) is 28.3 Å². The van der Waals surface area contributed by atoms with Gasteiger partial charge in [0.15, 0.2) is 0 Å². The molecular formula is C18H24ClNOS. The molecular weight excluding hydrogens is 314 g/mol. The van der Waals surface area contributed by atoms with Gasteiger partial charge in [0.25, 0.3) is 0 Å². The lowest BCUT2D eigenvalue weighted by Crippen LogP contribution is -2.25. The highest BCUT2D eigenvalue weighted by Crippen LogP contribution is 2.35. The van der Waals surface area contributed by atoms with Crippen LogP contribution in [0.15, 0.2) is 35.7 Å². The van der Waals surface area contributed by atoms with E-state index in [-0.39, 0.29) is 12.4 Å². The Hall–Kier alpha value is -1.03. The van der Waals surface area contributed by atoms with Gasteiger partial charge in [0.2, 0.25) is 0 Å². The smallest absolute Gasteiger partial charge is 0.119 e. The number of aryl methyl sites for hydroxylation is 1. The van der Waals surface area contributed by atoms with Crippen molar-refractivity contribution in [1.82, 2.24) is 4.90 Å². The van der Waals surface area contributed by atoms with E-state index in [9.17, 15) is 0 Å². The normalized spacial score (nSPS) is 16.4. The summed E-state index contributed by atoms with van der Waals surface area (Å²) < 4.78 is 5.33. The van der Waals surface area contributed by atoms with Crippen LogP contribution in [0.5, 0.6) is 5.75 Å². The third-order valence-corrected chi connectivity index (χ3v) is 5.34. The molecule has 22 heavy (non-hydrogen) atoms. The minimum Gasteiger partial charge on any atom is -0.497 e. The number of ether oxygens (including phenoxy) is 1. The Kier molecular flexibility index (Phi) is 6.30. The highest BCUT2D eigenvalue weighted by atomic mass is 35.5. The number of methoxy groups -OCH3 is 1. The van der Waals surface area contributed by atoms with Crippen LogP contribution in [-0.2, 0) is 12.8 Å². The van der Waals surface area contributed by atoms with Gasteiger partial charge >= 0.3 is 0 Å². The molecule has 0 saturated heterocycles. The first-order valence-electron chi connectivity index (χ1n) is 7.64. The van der Waals surface area contributed by atoms with E-state index < -0.39 is 0 Å². The first-order valence-corrected chi connectivity index (χ1v) is 8.52. The third kappa shape index (κ3) is 4.03. The first kappa shape index (κ1) is 17.3. The molecule has 1 aromatic heterocycles. The molecule has 0 aliphatic heterocycles. The number of fused-ring (bicyclic) bond motifs is 1. The molecule has 4 heteroatoms. The van der Waals surface area contributed by atoms with Crippen molar-refractivity contribution in [3.05, 3.63) is 51.7 Å². The van der Waals surface area contributed by atoms with E-state index in [4.69, 9.17) is 4.74 Å². The van der Waals surface area contributed by atoms with Gasteiger partial charge in [-0.25, -0.2) is 0 Å². The van der Waals surface area contributed by atoms with Crippen LogP contribution >= 0.6 is 23.7 Å². The molecule has 0 amide bonds. The maximum Gasteiger partial charge on any atom is 0.119 e. The van der Waals surface area contributed by atoms with Crippen LogP contribution in [-0.4, -0.2) is 32.1 Å². The molecule has 0 fully saturated rings. The maximum atomic E-state index is 5.33. The Balaban J connectivity index is 0.00000176. The first-order chi connectivity index (χ1) is 10.3. The largest absolute Gasteiger partial charge is 0.497 e. The summed E-state index contributed by atoms with van der Waals surface area (Å²) in [4.78, 5) is 3.96. The van der Waals surface area contributed by atoms with E-state index in [1.165, 1.54) is 28.8 Å². The average Bonchev–Trinajstić information content (AvgIpc) is 3.14. The lowest BCUT2D eigenvalue weighted by atomic mass is 10.0. The van der Waals surface area contributed by atoms with Crippen molar-refractivity contribution < 1.29 is 4.74 Å². The lowest BCUT2D eigenvalue weighted by Gasteiger charge is -2.21. The summed E-state index contributed by atoms with van der Waals surface area (Å²) in [6.07, 6.45) is 3.62. The summed E-state index contributed by atoms with van der Waals surface area (Å²) in [5, 5.41) is 2.16. The molecule has 1 aliphatic carbocycles. The van der Waals surface area contributed by atoms with Gasteiger partial charge in [-0.05, 0) is 66.9 Å². The van der Waals surface area contributed by atoms with Crippen molar-refractivity contribution in [2.75, 3.05) is 27.2 Å². The topological polar surface area (TPSA) is 12.5 Å². The van der Waals surface area contributed by atoms with Crippen molar-refractivity contribution in [2.45, 2.75) is 25.2 Å². The van der Waals surface area contributed by atoms with Gasteiger partial charge in [-0.2, -0.15) is 0 Å². The number of halogens is 1. The fourth-order valence-corrected chi connectivity index (χ4v) is 3.92. The molecule has 0 saturated carbocycles. The van der Waals surface area contributed by atoms with Gasteiger partial charge in [0.05, 0.1) is 7.11 Å². The molecule has 0 spiro atoms. The van der Waals surface area contributed by atoms with Crippen molar-refractivity contribution in [3.8, 4) is 5.75 Å². The minimum absolute atomic E-state index is 0. The predicted molar refractivity (Wildman–Crippen MR) is 96.8 cm³/mol. The monoisotopic (exact) mass is 337 g/mol. The molecule has 1 aromatic carbocycles. The number of hydrogen-bond donors (Lipinski definition) is 0. The molecule has 120 valence electrons. The van der Waals surface area contributed by atoms with Crippen LogP contribution in [0.3, 0.4) is 0 Å². The second-order valence-electron chi connectivity index (χ2n) is 5.89. The van der Waals surface area contributed by atoms with Crippen molar-refractivity contribution >= 4 is 23.7 Å². The van der Waals surface area contributed by atoms with E-state index in [1.54, 1.807) is 7.11 Å². The molecule has 0 bridgehead atoms. The van der Waals surface area contributed by atoms with Crippen LogP contribution in [0.2, 0.25) is 0 Å². The summed E-state index contributed by atoms with van der Waals surface area (Å²) in [6, 6.07) is 10.9. The standard InChI is InChI=1S/C18H23NOS.ClH/c1-19(10-9-17-4-3-11-21-17)13-15-6-5-14-12-16(20-2)7-8-18(14)15;/h3-4,7-8,11-12,15H,5-6,9-10,13H2,1-2H3;1H. The Morgan fingerprint density at radius 2 is 2.18 bits per heavy atom. The number of likely N-dealkylation sites (N-methyl/N-ethyl adjacent to an activating group) is 1. The SMILES string of the molecule is COc1ccc2c(c1)CCC2CN(C)CCc1cccs1.Cl. The summed E-state index contributed by atoms with van der Waals surface area (Å²) in [7, 11) is 3.99. The number of thiophene rings is 1. The van der Waals surface area contributed by atoms with Crippen molar-refractivity contribution in [2.24, 2.45) is 0 Å². The molecule has 1 heterocycles. The van der Waals surface area contributed by atoms with Gasteiger partial charge in [-0.15, -0.1) is 23.7 Å². The van der Waals surface area contributed by atoms with E-state index in [0.717, 1.165) is 25.3 Å². The second kappa shape index (κ2) is 8.00. The van der Waals surface area contributed by atoms with Crippen molar-refractivity contribution in [1.29, 1.82) is 0 Å². The summed E-state index contributed by atoms with van der Waals surface area (Å²) >= 11 is 1.86. The fraction of sp³-hybridized carbons (Fsp3) is 0.444. The van der Waals surface area contributed by atoms with Crippen LogP contribution < -0.4 is 4.74 Å². The Morgan fingerprint density at radius 3 is 2.91 bits per heavy atom. The predicted octanol–water partition coefficient (Wildman–Crippen LogP) is 4.38. The Bertz CT molecular complexity index is 585. The molecule has 2 nitrogen and oxygen atoms in total. The molecule has 1 aliphatic rings. The van der Waals surface area contributed by atoms with E-state index in [2.05, 4.69) is 47.7 Å². The Morgan fingerprint density at radius 1 is 1.32 bits per heavy atom. The van der Waals surface area contributed by atoms with E-state index >= 15 is 0 Å². The third-order valence-electron chi connectivity index (χ3n) is 4.40.